The number of ether oxygens (including phenoxy) is 4. The van der Waals surface area contributed by atoms with Gasteiger partial charge in [-0.15, -0.1) is 0 Å². The molecule has 26 heavy (non-hydrogen) atoms. The van der Waals surface area contributed by atoms with E-state index in [4.69, 9.17) is 18.9 Å². The quantitative estimate of drug-likeness (QED) is 0.467. The Balaban J connectivity index is 1.85. The van der Waals surface area contributed by atoms with Crippen LogP contribution in [0.2, 0.25) is 0 Å². The second kappa shape index (κ2) is 10.1. The number of allylic oxidation sites excluding steroid dienone is 1. The molecule has 0 amide bonds. The molecule has 0 aliphatic heterocycles. The minimum atomic E-state index is 0.468. The molecule has 2 aromatic rings. The van der Waals surface area contributed by atoms with Gasteiger partial charge < -0.3 is 18.9 Å². The van der Waals surface area contributed by atoms with Crippen molar-refractivity contribution in [2.75, 3.05) is 27.4 Å². The molecule has 0 saturated carbocycles. The molecule has 5 heteroatoms. The van der Waals surface area contributed by atoms with Crippen LogP contribution < -0.4 is 18.9 Å². The highest BCUT2D eigenvalue weighted by Gasteiger charge is 2.07. The molecule has 0 atom stereocenters. The van der Waals surface area contributed by atoms with Gasteiger partial charge in [-0.25, -0.2) is 0 Å². The van der Waals surface area contributed by atoms with Crippen LogP contribution in [0.25, 0.3) is 6.08 Å². The van der Waals surface area contributed by atoms with Crippen LogP contribution in [-0.4, -0.2) is 33.7 Å². The summed E-state index contributed by atoms with van der Waals surface area (Å²) in [5.41, 5.74) is 1.61. The fourth-order valence-electron chi connectivity index (χ4n) is 2.40. The Morgan fingerprint density at radius 1 is 0.808 bits per heavy atom. The highest BCUT2D eigenvalue weighted by atomic mass is 16.5. The number of rotatable bonds is 10. The van der Waals surface area contributed by atoms with Crippen molar-refractivity contribution < 1.29 is 23.7 Å². The maximum Gasteiger partial charge on any atom is 0.161 e. The number of hydrogen-bond donors (Lipinski definition) is 0. The van der Waals surface area contributed by atoms with Crippen LogP contribution in [0.3, 0.4) is 0 Å². The number of aldehydes is 1. The molecule has 0 radical (unpaired) electrons. The summed E-state index contributed by atoms with van der Waals surface area (Å²) in [6.07, 6.45) is 5.44. The average molecular weight is 356 g/mol. The first kappa shape index (κ1) is 19.4. The SMILES string of the molecule is CC=Cc1ccc(OCCCOc2ccc(C=O)cc2OC)c(OC)c1. The van der Waals surface area contributed by atoms with Gasteiger partial charge in [0.2, 0.25) is 0 Å². The molecule has 0 saturated heterocycles. The molecule has 0 N–H and O–H groups in total. The molecular formula is C21H24O5. The molecule has 0 aromatic heterocycles. The topological polar surface area (TPSA) is 54.0 Å². The van der Waals surface area contributed by atoms with Crippen molar-refractivity contribution in [3.63, 3.8) is 0 Å². The van der Waals surface area contributed by atoms with Crippen LogP contribution in [0.5, 0.6) is 23.0 Å². The molecule has 138 valence electrons. The molecule has 2 rings (SSSR count). The molecule has 0 heterocycles. The Morgan fingerprint density at radius 2 is 1.35 bits per heavy atom. The monoisotopic (exact) mass is 356 g/mol. The molecule has 0 unspecified atom stereocenters. The van der Waals surface area contributed by atoms with Gasteiger partial charge in [0.1, 0.15) is 6.29 Å². The van der Waals surface area contributed by atoms with E-state index >= 15 is 0 Å². The zero-order valence-corrected chi connectivity index (χ0v) is 15.4. The maximum absolute atomic E-state index is 10.8. The molecule has 0 spiro atoms. The van der Waals surface area contributed by atoms with Gasteiger partial charge in [0, 0.05) is 12.0 Å². The third-order valence-corrected chi connectivity index (χ3v) is 3.67. The van der Waals surface area contributed by atoms with Crippen LogP contribution in [0.1, 0.15) is 29.3 Å². The zero-order valence-electron chi connectivity index (χ0n) is 15.4. The maximum atomic E-state index is 10.8. The number of hydrogen-bond acceptors (Lipinski definition) is 5. The summed E-state index contributed by atoms with van der Waals surface area (Å²) in [4.78, 5) is 10.8. The Morgan fingerprint density at radius 3 is 1.85 bits per heavy atom. The second-order valence-corrected chi connectivity index (χ2v) is 5.49. The van der Waals surface area contributed by atoms with Gasteiger partial charge in [0.05, 0.1) is 27.4 Å². The summed E-state index contributed by atoms with van der Waals surface area (Å²) in [7, 11) is 3.17. The summed E-state index contributed by atoms with van der Waals surface area (Å²) in [5.74, 6) is 2.55. The first-order valence-corrected chi connectivity index (χ1v) is 8.41. The normalized spacial score (nSPS) is 10.6. The first-order valence-electron chi connectivity index (χ1n) is 8.41. The molecule has 0 fully saturated rings. The molecule has 0 aliphatic carbocycles. The van der Waals surface area contributed by atoms with E-state index in [0.29, 0.717) is 48.2 Å². The van der Waals surface area contributed by atoms with E-state index < -0.39 is 0 Å². The van der Waals surface area contributed by atoms with Crippen molar-refractivity contribution in [1.82, 2.24) is 0 Å². The van der Waals surface area contributed by atoms with Crippen LogP contribution in [0.4, 0.5) is 0 Å². The smallest absolute Gasteiger partial charge is 0.161 e. The Kier molecular flexibility index (Phi) is 7.55. The Bertz CT molecular complexity index is 752. The Labute approximate surface area is 154 Å². The molecular weight excluding hydrogens is 332 g/mol. The van der Waals surface area contributed by atoms with Crippen LogP contribution in [0.15, 0.2) is 42.5 Å². The van der Waals surface area contributed by atoms with Gasteiger partial charge in [-0.2, -0.15) is 0 Å². The predicted octanol–water partition coefficient (Wildman–Crippen LogP) is 4.40. The summed E-state index contributed by atoms with van der Waals surface area (Å²) in [5, 5.41) is 0. The molecule has 2 aromatic carbocycles. The van der Waals surface area contributed by atoms with Crippen molar-refractivity contribution in [2.45, 2.75) is 13.3 Å². The van der Waals surface area contributed by atoms with Gasteiger partial charge in [-0.3, -0.25) is 4.79 Å². The number of carbonyl (C=O) groups is 1. The van der Waals surface area contributed by atoms with E-state index in [1.807, 2.05) is 37.3 Å². The summed E-state index contributed by atoms with van der Waals surface area (Å²) < 4.78 is 22.1. The van der Waals surface area contributed by atoms with Gasteiger partial charge in [-0.05, 0) is 42.8 Å². The average Bonchev–Trinajstić information content (AvgIpc) is 2.68. The predicted molar refractivity (Wildman–Crippen MR) is 102 cm³/mol. The molecule has 0 aliphatic rings. The summed E-state index contributed by atoms with van der Waals surface area (Å²) in [6.45, 7) is 2.93. The summed E-state index contributed by atoms with van der Waals surface area (Å²) in [6, 6.07) is 10.9. The largest absolute Gasteiger partial charge is 0.493 e. The fourth-order valence-corrected chi connectivity index (χ4v) is 2.40. The van der Waals surface area contributed by atoms with Crippen molar-refractivity contribution >= 4 is 12.4 Å². The highest BCUT2D eigenvalue weighted by molar-refractivity contribution is 5.76. The number of benzene rings is 2. The highest BCUT2D eigenvalue weighted by Crippen LogP contribution is 2.29. The van der Waals surface area contributed by atoms with Gasteiger partial charge >= 0.3 is 0 Å². The van der Waals surface area contributed by atoms with E-state index in [0.717, 1.165) is 11.8 Å². The van der Waals surface area contributed by atoms with Crippen molar-refractivity contribution in [3.8, 4) is 23.0 Å². The standard InChI is InChI=1S/C21H24O5/c1-4-6-16-7-9-18(20(13-16)23-2)25-11-5-12-26-19-10-8-17(15-22)14-21(19)24-3/h4,6-10,13-15H,5,11-12H2,1-3H3. The first-order chi connectivity index (χ1) is 12.7. The second-order valence-electron chi connectivity index (χ2n) is 5.49. The van der Waals surface area contributed by atoms with Crippen LogP contribution >= 0.6 is 0 Å². The van der Waals surface area contributed by atoms with E-state index in [1.165, 1.54) is 0 Å². The number of carbonyl (C=O) groups excluding carboxylic acids is 1. The van der Waals surface area contributed by atoms with Crippen molar-refractivity contribution in [2.24, 2.45) is 0 Å². The minimum absolute atomic E-state index is 0.468. The lowest BCUT2D eigenvalue weighted by Gasteiger charge is -2.13. The molecule has 5 nitrogen and oxygen atoms in total. The Hall–Kier alpha value is -2.95. The van der Waals surface area contributed by atoms with Gasteiger partial charge in [0.25, 0.3) is 0 Å². The summed E-state index contributed by atoms with van der Waals surface area (Å²) >= 11 is 0. The third-order valence-electron chi connectivity index (χ3n) is 3.67. The molecule has 0 bridgehead atoms. The fraction of sp³-hybridized carbons (Fsp3) is 0.286. The van der Waals surface area contributed by atoms with E-state index in [2.05, 4.69) is 0 Å². The lowest BCUT2D eigenvalue weighted by molar-refractivity contribution is 0.112. The zero-order chi connectivity index (χ0) is 18.8. The minimum Gasteiger partial charge on any atom is -0.493 e. The van der Waals surface area contributed by atoms with E-state index in [-0.39, 0.29) is 0 Å². The van der Waals surface area contributed by atoms with E-state index in [1.54, 1.807) is 32.4 Å². The van der Waals surface area contributed by atoms with Gasteiger partial charge in [0.15, 0.2) is 23.0 Å². The van der Waals surface area contributed by atoms with Crippen molar-refractivity contribution in [3.05, 3.63) is 53.6 Å². The lowest BCUT2D eigenvalue weighted by atomic mass is 10.2. The van der Waals surface area contributed by atoms with Crippen LogP contribution in [0, 0.1) is 0 Å². The van der Waals surface area contributed by atoms with E-state index in [9.17, 15) is 4.79 Å². The lowest BCUT2D eigenvalue weighted by Crippen LogP contribution is -2.06. The third kappa shape index (κ3) is 5.28. The number of methoxy groups -OCH3 is 2. The van der Waals surface area contributed by atoms with Gasteiger partial charge in [-0.1, -0.05) is 18.2 Å². The van der Waals surface area contributed by atoms with Crippen molar-refractivity contribution in [1.29, 1.82) is 0 Å². The van der Waals surface area contributed by atoms with Crippen LogP contribution in [-0.2, 0) is 0 Å².